The molecule has 0 unspecified atom stereocenters. The van der Waals surface area contributed by atoms with Crippen LogP contribution in [-0.4, -0.2) is 26.1 Å². The lowest BCUT2D eigenvalue weighted by atomic mass is 10.2. The van der Waals surface area contributed by atoms with Crippen LogP contribution in [0.5, 0.6) is 0 Å². The van der Waals surface area contributed by atoms with Crippen LogP contribution in [0.1, 0.15) is 5.56 Å². The van der Waals surface area contributed by atoms with E-state index < -0.39 is 5.82 Å². The molecule has 0 radical (unpaired) electrons. The Kier molecular flexibility index (Phi) is 4.52. The molecule has 1 amide bonds. The van der Waals surface area contributed by atoms with Crippen LogP contribution < -0.4 is 5.32 Å². The van der Waals surface area contributed by atoms with Crippen LogP contribution in [0.4, 0.5) is 10.1 Å². The SMILES string of the molecule is Cc1ccc(F)cc1NC(=O)Cn1nnc(-c2ccc(Cl)cc2)n1. The minimum Gasteiger partial charge on any atom is -0.324 e. The van der Waals surface area contributed by atoms with Crippen molar-refractivity contribution in [2.24, 2.45) is 0 Å². The highest BCUT2D eigenvalue weighted by molar-refractivity contribution is 6.30. The third-order valence-corrected chi connectivity index (χ3v) is 3.57. The lowest BCUT2D eigenvalue weighted by Crippen LogP contribution is -2.21. The molecular formula is C16H13ClFN5O. The van der Waals surface area contributed by atoms with Crippen molar-refractivity contribution in [1.82, 2.24) is 20.2 Å². The van der Waals surface area contributed by atoms with Crippen molar-refractivity contribution in [1.29, 1.82) is 0 Å². The highest BCUT2D eigenvalue weighted by atomic mass is 35.5. The molecule has 0 aliphatic heterocycles. The number of nitrogens with one attached hydrogen (secondary N) is 1. The fourth-order valence-electron chi connectivity index (χ4n) is 2.07. The number of benzene rings is 2. The number of tetrazole rings is 1. The van der Waals surface area contributed by atoms with Crippen molar-refractivity contribution >= 4 is 23.2 Å². The monoisotopic (exact) mass is 345 g/mol. The first-order valence-corrected chi connectivity index (χ1v) is 7.49. The molecule has 3 rings (SSSR count). The molecule has 24 heavy (non-hydrogen) atoms. The van der Waals surface area contributed by atoms with E-state index in [4.69, 9.17) is 11.6 Å². The molecule has 0 aliphatic rings. The van der Waals surface area contributed by atoms with Gasteiger partial charge in [-0.05, 0) is 54.1 Å². The smallest absolute Gasteiger partial charge is 0.248 e. The van der Waals surface area contributed by atoms with E-state index in [1.807, 2.05) is 0 Å². The Hall–Kier alpha value is -2.80. The summed E-state index contributed by atoms with van der Waals surface area (Å²) in [6.45, 7) is 1.65. The molecule has 0 saturated carbocycles. The summed E-state index contributed by atoms with van der Waals surface area (Å²) in [6, 6.07) is 11.2. The maximum Gasteiger partial charge on any atom is 0.248 e. The zero-order chi connectivity index (χ0) is 17.1. The largest absolute Gasteiger partial charge is 0.324 e. The minimum atomic E-state index is -0.417. The minimum absolute atomic E-state index is 0.128. The average Bonchev–Trinajstić information content (AvgIpc) is 3.00. The average molecular weight is 346 g/mol. The highest BCUT2D eigenvalue weighted by Gasteiger charge is 2.11. The van der Waals surface area contributed by atoms with Crippen LogP contribution in [0.15, 0.2) is 42.5 Å². The first-order valence-electron chi connectivity index (χ1n) is 7.11. The third kappa shape index (κ3) is 3.75. The maximum atomic E-state index is 13.2. The summed E-state index contributed by atoms with van der Waals surface area (Å²) in [5.41, 5.74) is 1.92. The number of nitrogens with zero attached hydrogens (tertiary/aromatic N) is 4. The summed E-state index contributed by atoms with van der Waals surface area (Å²) in [6.07, 6.45) is 0. The van der Waals surface area contributed by atoms with E-state index in [1.54, 1.807) is 37.3 Å². The second-order valence-corrected chi connectivity index (χ2v) is 5.59. The van der Waals surface area contributed by atoms with E-state index in [0.717, 1.165) is 11.1 Å². The van der Waals surface area contributed by atoms with Gasteiger partial charge in [0.05, 0.1) is 0 Å². The molecule has 3 aromatic rings. The maximum absolute atomic E-state index is 13.2. The number of aryl methyl sites for hydroxylation is 1. The Labute approximate surface area is 142 Å². The molecule has 0 spiro atoms. The number of hydrogen-bond donors (Lipinski definition) is 1. The number of halogens is 2. The fraction of sp³-hybridized carbons (Fsp3) is 0.125. The van der Waals surface area contributed by atoms with Gasteiger partial charge in [-0.3, -0.25) is 4.79 Å². The highest BCUT2D eigenvalue weighted by Crippen LogP contribution is 2.17. The predicted octanol–water partition coefficient (Wildman–Crippen LogP) is 3.08. The van der Waals surface area contributed by atoms with Crippen LogP contribution >= 0.6 is 11.6 Å². The van der Waals surface area contributed by atoms with Crippen molar-refractivity contribution in [3.63, 3.8) is 0 Å². The van der Waals surface area contributed by atoms with E-state index in [2.05, 4.69) is 20.7 Å². The third-order valence-electron chi connectivity index (χ3n) is 3.31. The van der Waals surface area contributed by atoms with Crippen LogP contribution in [0.2, 0.25) is 5.02 Å². The van der Waals surface area contributed by atoms with Gasteiger partial charge in [0.25, 0.3) is 0 Å². The molecule has 0 fully saturated rings. The van der Waals surface area contributed by atoms with Crippen LogP contribution in [0, 0.1) is 12.7 Å². The van der Waals surface area contributed by atoms with Gasteiger partial charge < -0.3 is 5.32 Å². The number of aromatic nitrogens is 4. The topological polar surface area (TPSA) is 72.7 Å². The van der Waals surface area contributed by atoms with E-state index in [0.29, 0.717) is 16.5 Å². The van der Waals surface area contributed by atoms with Crippen molar-refractivity contribution in [2.45, 2.75) is 13.5 Å². The zero-order valence-corrected chi connectivity index (χ0v) is 13.5. The van der Waals surface area contributed by atoms with Gasteiger partial charge in [-0.2, -0.15) is 4.80 Å². The number of rotatable bonds is 4. The van der Waals surface area contributed by atoms with Crippen molar-refractivity contribution in [3.8, 4) is 11.4 Å². The number of amides is 1. The Bertz CT molecular complexity index is 878. The number of carbonyl (C=O) groups is 1. The molecule has 0 saturated heterocycles. The zero-order valence-electron chi connectivity index (χ0n) is 12.7. The molecule has 6 nitrogen and oxygen atoms in total. The van der Waals surface area contributed by atoms with Crippen LogP contribution in [-0.2, 0) is 11.3 Å². The predicted molar refractivity (Wildman–Crippen MR) is 88.0 cm³/mol. The van der Waals surface area contributed by atoms with Gasteiger partial charge in [-0.25, -0.2) is 4.39 Å². The van der Waals surface area contributed by atoms with Crippen molar-refractivity contribution in [3.05, 3.63) is 58.9 Å². The summed E-state index contributed by atoms with van der Waals surface area (Å²) in [7, 11) is 0. The summed E-state index contributed by atoms with van der Waals surface area (Å²) < 4.78 is 13.2. The summed E-state index contributed by atoms with van der Waals surface area (Å²) in [4.78, 5) is 13.2. The lowest BCUT2D eigenvalue weighted by molar-refractivity contribution is -0.117. The first-order chi connectivity index (χ1) is 11.5. The Morgan fingerprint density at radius 1 is 1.25 bits per heavy atom. The normalized spacial score (nSPS) is 10.6. The number of anilines is 1. The second kappa shape index (κ2) is 6.76. The lowest BCUT2D eigenvalue weighted by Gasteiger charge is -2.07. The van der Waals surface area contributed by atoms with E-state index in [-0.39, 0.29) is 12.5 Å². The Morgan fingerprint density at radius 3 is 2.75 bits per heavy atom. The Morgan fingerprint density at radius 2 is 2.00 bits per heavy atom. The fourth-order valence-corrected chi connectivity index (χ4v) is 2.20. The molecule has 0 atom stereocenters. The molecule has 0 bridgehead atoms. The molecule has 1 aromatic heterocycles. The molecule has 122 valence electrons. The van der Waals surface area contributed by atoms with Gasteiger partial charge in [0.1, 0.15) is 12.4 Å². The Balaban J connectivity index is 1.69. The van der Waals surface area contributed by atoms with Gasteiger partial charge in [-0.15, -0.1) is 10.2 Å². The van der Waals surface area contributed by atoms with Gasteiger partial charge in [0.2, 0.25) is 11.7 Å². The molecule has 1 heterocycles. The quantitative estimate of drug-likeness (QED) is 0.788. The molecule has 1 N–H and O–H groups in total. The van der Waals surface area contributed by atoms with Gasteiger partial charge >= 0.3 is 0 Å². The second-order valence-electron chi connectivity index (χ2n) is 5.16. The number of carbonyl (C=O) groups excluding carboxylic acids is 1. The summed E-state index contributed by atoms with van der Waals surface area (Å²) in [5.74, 6) is -0.398. The van der Waals surface area contributed by atoms with E-state index in [1.165, 1.54) is 16.9 Å². The molecular weight excluding hydrogens is 333 g/mol. The van der Waals surface area contributed by atoms with Crippen LogP contribution in [0.3, 0.4) is 0 Å². The number of hydrogen-bond acceptors (Lipinski definition) is 4. The van der Waals surface area contributed by atoms with Crippen LogP contribution in [0.25, 0.3) is 11.4 Å². The molecule has 0 aliphatic carbocycles. The van der Waals surface area contributed by atoms with E-state index >= 15 is 0 Å². The first kappa shape index (κ1) is 16.1. The van der Waals surface area contributed by atoms with Crippen molar-refractivity contribution in [2.75, 3.05) is 5.32 Å². The standard InChI is InChI=1S/C16H13ClFN5O/c1-10-2-7-13(18)8-14(10)19-15(24)9-23-21-16(20-22-23)11-3-5-12(17)6-4-11/h2-8H,9H2,1H3,(H,19,24). The van der Waals surface area contributed by atoms with Gasteiger partial charge in [-0.1, -0.05) is 17.7 Å². The summed E-state index contributed by atoms with van der Waals surface area (Å²) >= 11 is 5.83. The molecule has 2 aromatic carbocycles. The van der Waals surface area contributed by atoms with Gasteiger partial charge in [0, 0.05) is 16.3 Å². The van der Waals surface area contributed by atoms with E-state index in [9.17, 15) is 9.18 Å². The van der Waals surface area contributed by atoms with Gasteiger partial charge in [0.15, 0.2) is 0 Å². The molecule has 8 heteroatoms. The van der Waals surface area contributed by atoms with Crippen molar-refractivity contribution < 1.29 is 9.18 Å². The summed E-state index contributed by atoms with van der Waals surface area (Å²) in [5, 5.41) is 15.1.